The minimum atomic E-state index is 0.597. The average molecular weight is 238 g/mol. The zero-order chi connectivity index (χ0) is 12.5. The minimum absolute atomic E-state index is 0.597. The molecule has 1 N–H and O–H groups in total. The molecule has 2 nitrogen and oxygen atoms in total. The summed E-state index contributed by atoms with van der Waals surface area (Å²) in [5.74, 6) is 1.73. The smallest absolute Gasteiger partial charge is 0.00927 e. The van der Waals surface area contributed by atoms with Gasteiger partial charge >= 0.3 is 0 Å². The average Bonchev–Trinajstić information content (AvgIpc) is 2.64. The van der Waals surface area contributed by atoms with Gasteiger partial charge in [0, 0.05) is 12.6 Å². The molecule has 2 aliphatic rings. The summed E-state index contributed by atoms with van der Waals surface area (Å²) in [4.78, 5) is 2.64. The molecule has 0 aromatic rings. The molecule has 1 aliphatic heterocycles. The molecule has 0 aromatic heterocycles. The molecule has 100 valence electrons. The second kappa shape index (κ2) is 5.27. The fourth-order valence-electron chi connectivity index (χ4n) is 3.45. The van der Waals surface area contributed by atoms with Gasteiger partial charge in [0.05, 0.1) is 0 Å². The molecule has 1 saturated heterocycles. The monoisotopic (exact) mass is 238 g/mol. The molecule has 2 atom stereocenters. The molecule has 0 radical (unpaired) electrons. The van der Waals surface area contributed by atoms with Crippen molar-refractivity contribution in [3.8, 4) is 0 Å². The Bertz CT molecular complexity index is 239. The zero-order valence-corrected chi connectivity index (χ0v) is 12.1. The molecule has 0 unspecified atom stereocenters. The van der Waals surface area contributed by atoms with Gasteiger partial charge in [0.1, 0.15) is 0 Å². The van der Waals surface area contributed by atoms with Crippen LogP contribution < -0.4 is 5.32 Å². The van der Waals surface area contributed by atoms with Gasteiger partial charge in [-0.25, -0.2) is 0 Å². The lowest BCUT2D eigenvalue weighted by Gasteiger charge is -2.39. The Morgan fingerprint density at radius 1 is 1.18 bits per heavy atom. The number of nitrogens with one attached hydrogen (secondary N) is 1. The summed E-state index contributed by atoms with van der Waals surface area (Å²) in [5, 5.41) is 3.52. The second-order valence-electron chi connectivity index (χ2n) is 7.23. The Balaban J connectivity index is 1.78. The summed E-state index contributed by atoms with van der Waals surface area (Å²) >= 11 is 0. The quantitative estimate of drug-likeness (QED) is 0.813. The zero-order valence-electron chi connectivity index (χ0n) is 12.1. The van der Waals surface area contributed by atoms with Crippen LogP contribution in [0.25, 0.3) is 0 Å². The van der Waals surface area contributed by atoms with E-state index in [1.165, 1.54) is 45.3 Å². The lowest BCUT2D eigenvalue weighted by atomic mass is 9.75. The van der Waals surface area contributed by atoms with Gasteiger partial charge in [-0.1, -0.05) is 20.8 Å². The van der Waals surface area contributed by atoms with Crippen molar-refractivity contribution in [2.75, 3.05) is 26.7 Å². The van der Waals surface area contributed by atoms with E-state index in [2.05, 4.69) is 38.0 Å². The molecule has 1 aliphatic carbocycles. The van der Waals surface area contributed by atoms with E-state index in [-0.39, 0.29) is 0 Å². The van der Waals surface area contributed by atoms with Crippen molar-refractivity contribution in [2.45, 2.75) is 52.5 Å². The van der Waals surface area contributed by atoms with E-state index in [1.807, 2.05) is 0 Å². The highest BCUT2D eigenvalue weighted by atomic mass is 15.1. The van der Waals surface area contributed by atoms with Crippen molar-refractivity contribution < 1.29 is 0 Å². The van der Waals surface area contributed by atoms with Gasteiger partial charge in [-0.3, -0.25) is 0 Å². The van der Waals surface area contributed by atoms with Gasteiger partial charge in [0.15, 0.2) is 0 Å². The third-order valence-electron chi connectivity index (χ3n) is 5.13. The number of hydrogen-bond acceptors (Lipinski definition) is 2. The van der Waals surface area contributed by atoms with Crippen molar-refractivity contribution in [3.05, 3.63) is 0 Å². The molecule has 17 heavy (non-hydrogen) atoms. The molecule has 0 amide bonds. The van der Waals surface area contributed by atoms with Gasteiger partial charge in [-0.15, -0.1) is 0 Å². The van der Waals surface area contributed by atoms with Gasteiger partial charge in [0.25, 0.3) is 0 Å². The highest BCUT2D eigenvalue weighted by Crippen LogP contribution is 2.36. The van der Waals surface area contributed by atoms with E-state index in [9.17, 15) is 0 Å². The summed E-state index contributed by atoms with van der Waals surface area (Å²) in [6, 6.07) is 0.843. The van der Waals surface area contributed by atoms with Crippen LogP contribution in [0.4, 0.5) is 0 Å². The van der Waals surface area contributed by atoms with Crippen LogP contribution in [0.5, 0.6) is 0 Å². The van der Waals surface area contributed by atoms with Crippen LogP contribution in [0.2, 0.25) is 0 Å². The highest BCUT2D eigenvalue weighted by Gasteiger charge is 2.31. The van der Waals surface area contributed by atoms with Gasteiger partial charge in [-0.2, -0.15) is 0 Å². The largest absolute Gasteiger partial charge is 0.316 e. The van der Waals surface area contributed by atoms with Crippen molar-refractivity contribution in [1.82, 2.24) is 10.2 Å². The Labute approximate surface area is 107 Å². The summed E-state index contributed by atoms with van der Waals surface area (Å²) in [6.45, 7) is 11.0. The first-order valence-corrected chi connectivity index (χ1v) is 7.39. The predicted molar refractivity (Wildman–Crippen MR) is 74.2 cm³/mol. The van der Waals surface area contributed by atoms with Gasteiger partial charge in [-0.05, 0) is 63.1 Å². The first kappa shape index (κ1) is 13.4. The molecular weight excluding hydrogens is 208 g/mol. The predicted octanol–water partition coefficient (Wildman–Crippen LogP) is 2.74. The van der Waals surface area contributed by atoms with Crippen LogP contribution in [0.3, 0.4) is 0 Å². The third kappa shape index (κ3) is 3.45. The molecule has 0 spiro atoms. The Morgan fingerprint density at radius 2 is 1.82 bits per heavy atom. The summed E-state index contributed by atoms with van der Waals surface area (Å²) in [7, 11) is 2.34. The third-order valence-corrected chi connectivity index (χ3v) is 5.13. The van der Waals surface area contributed by atoms with Gasteiger partial charge < -0.3 is 10.2 Å². The Morgan fingerprint density at radius 3 is 2.35 bits per heavy atom. The fourth-order valence-corrected chi connectivity index (χ4v) is 3.45. The van der Waals surface area contributed by atoms with Crippen molar-refractivity contribution in [1.29, 1.82) is 0 Å². The molecule has 1 saturated carbocycles. The molecule has 1 heterocycles. The Kier molecular flexibility index (Phi) is 4.14. The highest BCUT2D eigenvalue weighted by molar-refractivity contribution is 4.86. The number of nitrogens with zero attached hydrogens (tertiary/aromatic N) is 1. The number of rotatable bonds is 3. The van der Waals surface area contributed by atoms with E-state index in [0.29, 0.717) is 5.41 Å². The van der Waals surface area contributed by atoms with Crippen molar-refractivity contribution >= 4 is 0 Å². The minimum Gasteiger partial charge on any atom is -0.316 e. The van der Waals surface area contributed by atoms with Crippen molar-refractivity contribution in [2.24, 2.45) is 17.3 Å². The van der Waals surface area contributed by atoms with Crippen LogP contribution in [-0.4, -0.2) is 37.6 Å². The first-order valence-electron chi connectivity index (χ1n) is 7.39. The maximum Gasteiger partial charge on any atom is 0.00927 e. The maximum atomic E-state index is 3.52. The van der Waals surface area contributed by atoms with E-state index < -0.39 is 0 Å². The standard InChI is InChI=1S/C15H30N2/c1-12-9-16-10-13(12)11-17(4)14-5-7-15(2,3)8-6-14/h12-14,16H,5-11H2,1-4H3/t12-,13+/m1/s1. The second-order valence-corrected chi connectivity index (χ2v) is 7.23. The summed E-state index contributed by atoms with van der Waals surface area (Å²) in [6.07, 6.45) is 5.61. The lowest BCUT2D eigenvalue weighted by Crippen LogP contribution is -2.40. The van der Waals surface area contributed by atoms with Crippen LogP contribution >= 0.6 is 0 Å². The molecule has 2 rings (SSSR count). The molecule has 2 heteroatoms. The van der Waals surface area contributed by atoms with Crippen LogP contribution in [0.1, 0.15) is 46.5 Å². The SMILES string of the molecule is C[C@@H]1CNC[C@H]1CN(C)C1CCC(C)(C)CC1. The molecule has 2 fully saturated rings. The molecule has 0 bridgehead atoms. The van der Waals surface area contributed by atoms with E-state index in [4.69, 9.17) is 0 Å². The molecular formula is C15H30N2. The summed E-state index contributed by atoms with van der Waals surface area (Å²) < 4.78 is 0. The van der Waals surface area contributed by atoms with Crippen molar-refractivity contribution in [3.63, 3.8) is 0 Å². The summed E-state index contributed by atoms with van der Waals surface area (Å²) in [5.41, 5.74) is 0.597. The van der Waals surface area contributed by atoms with Crippen LogP contribution in [0.15, 0.2) is 0 Å². The fraction of sp³-hybridized carbons (Fsp3) is 1.00. The van der Waals surface area contributed by atoms with E-state index in [0.717, 1.165) is 17.9 Å². The lowest BCUT2D eigenvalue weighted by molar-refractivity contribution is 0.111. The molecule has 0 aromatic carbocycles. The van der Waals surface area contributed by atoms with E-state index >= 15 is 0 Å². The van der Waals surface area contributed by atoms with E-state index in [1.54, 1.807) is 0 Å². The maximum absolute atomic E-state index is 3.52. The normalized spacial score (nSPS) is 34.4. The number of hydrogen-bond donors (Lipinski definition) is 1. The Hall–Kier alpha value is -0.0800. The van der Waals surface area contributed by atoms with Gasteiger partial charge in [0.2, 0.25) is 0 Å². The topological polar surface area (TPSA) is 15.3 Å². The van der Waals surface area contributed by atoms with Crippen LogP contribution in [0, 0.1) is 17.3 Å². The van der Waals surface area contributed by atoms with Crippen LogP contribution in [-0.2, 0) is 0 Å². The first-order chi connectivity index (χ1) is 7.98.